The Balaban J connectivity index is 1.05. The number of carboxylic acid groups (broad SMARTS) is 2. The predicted octanol–water partition coefficient (Wildman–Crippen LogP) is 11.6. The molecule has 7 aromatic carbocycles. The van der Waals surface area contributed by atoms with E-state index in [1.165, 1.54) is 12.2 Å². The number of fused-ring (bicyclic) bond motifs is 6. The van der Waals surface area contributed by atoms with Gasteiger partial charge in [0.2, 0.25) is 0 Å². The standard InChI is InChI=1S/C50H30N4O4/c1-52-44(50(57)58)27-32-12-22-39(23-13-32)54-46-9-5-3-7-41(46)43-29-36(19-25-48(43)54)34-16-14-33(15-17-34)35-18-24-47-42(28-35)40-6-2-4-8-45(40)53(47)38-20-10-31(11-21-38)26-37(30-51)49(55)56/h2-29H,(H,55,56)(H,57,58)/b37-26?,44-27-. The van der Waals surface area contributed by atoms with Crippen LogP contribution < -0.4 is 0 Å². The summed E-state index contributed by atoms with van der Waals surface area (Å²) >= 11 is 0. The summed E-state index contributed by atoms with van der Waals surface area (Å²) in [6, 6.07) is 55.0. The molecule has 0 spiro atoms. The molecule has 0 saturated heterocycles. The summed E-state index contributed by atoms with van der Waals surface area (Å²) in [7, 11) is 0. The Morgan fingerprint density at radius 1 is 0.517 bits per heavy atom. The molecule has 0 aliphatic rings. The SMILES string of the molecule is [C-]#[N+]/C(=C\c1ccc(-n2c3ccccc3c3cc(-c4ccc(-c5ccc6c(c5)c5ccccc5n6-c5ccc(C=C(C#N)C(=O)O)cc5)cc4)ccc32)cc1)C(=O)O. The third-order valence-electron chi connectivity index (χ3n) is 10.5. The molecule has 0 aliphatic carbocycles. The molecule has 0 fully saturated rings. The lowest BCUT2D eigenvalue weighted by molar-refractivity contribution is -0.133. The molecule has 0 aliphatic heterocycles. The van der Waals surface area contributed by atoms with Gasteiger partial charge < -0.3 is 19.3 Å². The lowest BCUT2D eigenvalue weighted by Crippen LogP contribution is -1.97. The van der Waals surface area contributed by atoms with Crippen molar-refractivity contribution >= 4 is 67.7 Å². The monoisotopic (exact) mass is 750 g/mol. The molecule has 2 N–H and O–H groups in total. The van der Waals surface area contributed by atoms with Crippen LogP contribution in [0.5, 0.6) is 0 Å². The van der Waals surface area contributed by atoms with Crippen LogP contribution in [0.25, 0.3) is 94.2 Å². The van der Waals surface area contributed by atoms with Gasteiger partial charge in [0.25, 0.3) is 5.70 Å². The summed E-state index contributed by atoms with van der Waals surface area (Å²) in [5.74, 6) is -2.50. The summed E-state index contributed by atoms with van der Waals surface area (Å²) in [5, 5.41) is 32.2. The van der Waals surface area contributed by atoms with Gasteiger partial charge in [-0.3, -0.25) is 4.79 Å². The van der Waals surface area contributed by atoms with Gasteiger partial charge in [0.05, 0.1) is 28.6 Å². The summed E-state index contributed by atoms with van der Waals surface area (Å²) in [6.07, 6.45) is 2.75. The average molecular weight is 751 g/mol. The molecule has 8 nitrogen and oxygen atoms in total. The van der Waals surface area contributed by atoms with Crippen molar-refractivity contribution in [2.45, 2.75) is 0 Å². The van der Waals surface area contributed by atoms with Gasteiger partial charge in [-0.05, 0) is 106 Å². The van der Waals surface area contributed by atoms with Crippen molar-refractivity contribution in [2.24, 2.45) is 0 Å². The second kappa shape index (κ2) is 14.3. The van der Waals surface area contributed by atoms with E-state index in [2.05, 4.69) is 98.9 Å². The minimum atomic E-state index is -1.25. The number of carboxylic acids is 2. The lowest BCUT2D eigenvalue weighted by Gasteiger charge is -2.10. The van der Waals surface area contributed by atoms with Crippen molar-refractivity contribution in [3.05, 3.63) is 192 Å². The number of nitriles is 1. The fraction of sp³-hybridized carbons (Fsp3) is 0. The van der Waals surface area contributed by atoms with Gasteiger partial charge in [-0.25, -0.2) is 9.64 Å². The second-order valence-electron chi connectivity index (χ2n) is 13.9. The van der Waals surface area contributed by atoms with E-state index in [0.29, 0.717) is 11.1 Å². The Labute approximate surface area is 332 Å². The van der Waals surface area contributed by atoms with E-state index in [-0.39, 0.29) is 11.3 Å². The van der Waals surface area contributed by atoms with Gasteiger partial charge in [0.1, 0.15) is 11.6 Å². The number of benzene rings is 7. The molecule has 274 valence electrons. The van der Waals surface area contributed by atoms with E-state index in [9.17, 15) is 25.1 Å². The quantitative estimate of drug-likeness (QED) is 0.0912. The van der Waals surface area contributed by atoms with Gasteiger partial charge in [0.15, 0.2) is 0 Å². The van der Waals surface area contributed by atoms with Gasteiger partial charge in [-0.1, -0.05) is 97.1 Å². The first-order valence-corrected chi connectivity index (χ1v) is 18.4. The zero-order valence-electron chi connectivity index (χ0n) is 30.7. The third kappa shape index (κ3) is 6.14. The summed E-state index contributed by atoms with van der Waals surface area (Å²) in [6.45, 7) is 7.16. The van der Waals surface area contributed by atoms with Crippen LogP contribution in [0.15, 0.2) is 169 Å². The van der Waals surface area contributed by atoms with Gasteiger partial charge in [0, 0.05) is 32.9 Å². The molecule has 2 aromatic heterocycles. The second-order valence-corrected chi connectivity index (χ2v) is 13.9. The van der Waals surface area contributed by atoms with Crippen molar-refractivity contribution in [2.75, 3.05) is 0 Å². The zero-order chi connectivity index (χ0) is 39.9. The summed E-state index contributed by atoms with van der Waals surface area (Å²) in [4.78, 5) is 25.8. The molecule has 9 rings (SSSR count). The number of carbonyl (C=O) groups is 2. The van der Waals surface area contributed by atoms with E-state index in [1.54, 1.807) is 6.07 Å². The predicted molar refractivity (Wildman–Crippen MR) is 229 cm³/mol. The van der Waals surface area contributed by atoms with Crippen molar-refractivity contribution in [1.29, 1.82) is 5.26 Å². The number of hydrogen-bond acceptors (Lipinski definition) is 3. The highest BCUT2D eigenvalue weighted by atomic mass is 16.4. The zero-order valence-corrected chi connectivity index (χ0v) is 30.7. The van der Waals surface area contributed by atoms with Crippen LogP contribution in [0.3, 0.4) is 0 Å². The maximum Gasteiger partial charge on any atom is 0.346 e. The normalized spacial score (nSPS) is 11.9. The fourth-order valence-electron chi connectivity index (χ4n) is 7.76. The minimum absolute atomic E-state index is 0.316. The van der Waals surface area contributed by atoms with Crippen LogP contribution in [0.1, 0.15) is 11.1 Å². The summed E-state index contributed by atoms with van der Waals surface area (Å²) < 4.78 is 4.40. The first kappa shape index (κ1) is 35.3. The van der Waals surface area contributed by atoms with E-state index < -0.39 is 11.9 Å². The smallest absolute Gasteiger partial charge is 0.346 e. The maximum atomic E-state index is 11.4. The van der Waals surface area contributed by atoms with E-state index in [0.717, 1.165) is 77.2 Å². The number of nitrogens with zero attached hydrogens (tertiary/aromatic N) is 4. The van der Waals surface area contributed by atoms with Gasteiger partial charge in [-0.2, -0.15) is 5.26 Å². The number of rotatable bonds is 8. The molecule has 9 aromatic rings. The van der Waals surface area contributed by atoms with Crippen LogP contribution in [0, 0.1) is 17.9 Å². The van der Waals surface area contributed by atoms with Gasteiger partial charge >= 0.3 is 11.9 Å². The van der Waals surface area contributed by atoms with Crippen LogP contribution in [0.4, 0.5) is 0 Å². The Kier molecular flexibility index (Phi) is 8.70. The Hall–Kier alpha value is -8.46. The average Bonchev–Trinajstić information content (AvgIpc) is 3.77. The minimum Gasteiger partial charge on any atom is -0.486 e. The molecule has 0 saturated carbocycles. The molecular weight excluding hydrogens is 721 g/mol. The highest BCUT2D eigenvalue weighted by Crippen LogP contribution is 2.38. The van der Waals surface area contributed by atoms with Crippen molar-refractivity contribution in [3.8, 4) is 39.7 Å². The largest absolute Gasteiger partial charge is 0.486 e. The Bertz CT molecular complexity index is 3060. The van der Waals surface area contributed by atoms with Crippen LogP contribution in [-0.2, 0) is 9.59 Å². The van der Waals surface area contributed by atoms with Crippen LogP contribution in [0.2, 0.25) is 0 Å². The van der Waals surface area contributed by atoms with Crippen molar-refractivity contribution in [3.63, 3.8) is 0 Å². The molecular formula is C50H30N4O4. The molecule has 2 heterocycles. The van der Waals surface area contributed by atoms with Crippen LogP contribution >= 0.6 is 0 Å². The molecule has 0 amide bonds. The Morgan fingerprint density at radius 2 is 0.931 bits per heavy atom. The van der Waals surface area contributed by atoms with Crippen molar-refractivity contribution in [1.82, 2.24) is 9.13 Å². The first-order chi connectivity index (χ1) is 28.3. The molecule has 0 bridgehead atoms. The molecule has 8 heteroatoms. The first-order valence-electron chi connectivity index (χ1n) is 18.4. The summed E-state index contributed by atoms with van der Waals surface area (Å²) in [5.41, 5.74) is 11.0. The highest BCUT2D eigenvalue weighted by molar-refractivity contribution is 6.12. The molecule has 58 heavy (non-hydrogen) atoms. The van der Waals surface area contributed by atoms with Crippen LogP contribution in [-0.4, -0.2) is 31.3 Å². The number of hydrogen-bond donors (Lipinski definition) is 2. The number of aliphatic carboxylic acids is 2. The fourth-order valence-corrected chi connectivity index (χ4v) is 7.76. The van der Waals surface area contributed by atoms with Gasteiger partial charge in [-0.15, -0.1) is 0 Å². The number of para-hydroxylation sites is 2. The molecule has 0 atom stereocenters. The maximum absolute atomic E-state index is 11.4. The van der Waals surface area contributed by atoms with E-state index in [1.807, 2.05) is 72.8 Å². The van der Waals surface area contributed by atoms with E-state index >= 15 is 0 Å². The van der Waals surface area contributed by atoms with Crippen molar-refractivity contribution < 1.29 is 19.8 Å². The van der Waals surface area contributed by atoms with E-state index in [4.69, 9.17) is 6.57 Å². The number of aromatic nitrogens is 2. The molecule has 0 unspecified atom stereocenters. The topological polar surface area (TPSA) is 113 Å². The molecule has 0 radical (unpaired) electrons. The lowest BCUT2D eigenvalue weighted by atomic mass is 9.98. The third-order valence-corrected chi connectivity index (χ3v) is 10.5. The highest BCUT2D eigenvalue weighted by Gasteiger charge is 2.16. The Morgan fingerprint density at radius 3 is 1.34 bits per heavy atom.